The summed E-state index contributed by atoms with van der Waals surface area (Å²) in [6.07, 6.45) is 2.31. The minimum Gasteiger partial charge on any atom is -0.381 e. The molecule has 5 nitrogen and oxygen atoms in total. The van der Waals surface area contributed by atoms with Crippen molar-refractivity contribution < 1.29 is 9.47 Å². The van der Waals surface area contributed by atoms with E-state index in [1.165, 1.54) is 16.0 Å². The topological polar surface area (TPSA) is 54.9 Å². The molecule has 1 aromatic heterocycles. The van der Waals surface area contributed by atoms with Gasteiger partial charge in [0.2, 0.25) is 0 Å². The number of aliphatic imine (C=N–C) groups is 1. The summed E-state index contributed by atoms with van der Waals surface area (Å²) in [7, 11) is 1.80. The zero-order valence-electron chi connectivity index (χ0n) is 16.5. The number of guanidine groups is 1. The fraction of sp³-hybridized carbons (Fsp3) is 0.476. The van der Waals surface area contributed by atoms with Crippen LogP contribution in [0.25, 0.3) is 0 Å². The first kappa shape index (κ1) is 23.1. The van der Waals surface area contributed by atoms with E-state index >= 15 is 0 Å². The third-order valence-electron chi connectivity index (χ3n) is 4.65. The zero-order valence-corrected chi connectivity index (χ0v) is 19.7. The number of hydrogen-bond donors (Lipinski definition) is 2. The van der Waals surface area contributed by atoms with Gasteiger partial charge in [0.05, 0.1) is 18.8 Å². The van der Waals surface area contributed by atoms with Gasteiger partial charge in [-0.2, -0.15) is 0 Å². The maximum atomic E-state index is 6.03. The molecule has 0 radical (unpaired) electrons. The number of nitrogens with zero attached hydrogens (tertiary/aromatic N) is 1. The molecule has 1 aliphatic heterocycles. The van der Waals surface area contributed by atoms with E-state index in [4.69, 9.17) is 9.47 Å². The average molecular weight is 515 g/mol. The van der Waals surface area contributed by atoms with E-state index in [1.54, 1.807) is 18.4 Å². The van der Waals surface area contributed by atoms with Crippen LogP contribution >= 0.6 is 35.3 Å². The summed E-state index contributed by atoms with van der Waals surface area (Å²) in [6.45, 7) is 5.14. The predicted molar refractivity (Wildman–Crippen MR) is 127 cm³/mol. The molecule has 0 amide bonds. The Hall–Kier alpha value is -1.16. The molecule has 1 aromatic carbocycles. The van der Waals surface area contributed by atoms with Gasteiger partial charge < -0.3 is 20.1 Å². The van der Waals surface area contributed by atoms with Gasteiger partial charge in [-0.15, -0.1) is 35.3 Å². The summed E-state index contributed by atoms with van der Waals surface area (Å²) in [5, 5.41) is 8.93. The quantitative estimate of drug-likeness (QED) is 0.324. The van der Waals surface area contributed by atoms with Crippen LogP contribution in [0.1, 0.15) is 41.8 Å². The number of thiophene rings is 1. The molecule has 1 aliphatic rings. The van der Waals surface area contributed by atoms with Gasteiger partial charge >= 0.3 is 0 Å². The van der Waals surface area contributed by atoms with Crippen molar-refractivity contribution in [3.05, 3.63) is 57.8 Å². The van der Waals surface area contributed by atoms with Crippen LogP contribution in [0.5, 0.6) is 0 Å². The monoisotopic (exact) mass is 515 g/mol. The standard InChI is InChI=1S/C21H29N3O2S.HI/c1-16(20-7-4-12-27-20)24-21(22-2)23-14-17-5-3-6-18(13-17)15-26-19-8-10-25-11-9-19;/h3-7,12-13,16,19H,8-11,14-15H2,1-2H3,(H2,22,23,24);1H. The lowest BCUT2D eigenvalue weighted by molar-refractivity contribution is -0.0390. The van der Waals surface area contributed by atoms with E-state index in [9.17, 15) is 0 Å². The van der Waals surface area contributed by atoms with Crippen LogP contribution in [-0.4, -0.2) is 32.3 Å². The molecule has 1 saturated heterocycles. The van der Waals surface area contributed by atoms with Crippen LogP contribution in [0, 0.1) is 0 Å². The number of halogens is 1. The van der Waals surface area contributed by atoms with Gasteiger partial charge in [-0.05, 0) is 42.3 Å². The molecule has 154 valence electrons. The molecule has 1 unspecified atom stereocenters. The van der Waals surface area contributed by atoms with Crippen molar-refractivity contribution in [1.29, 1.82) is 0 Å². The van der Waals surface area contributed by atoms with Crippen LogP contribution in [0.4, 0.5) is 0 Å². The third kappa shape index (κ3) is 7.35. The van der Waals surface area contributed by atoms with Gasteiger partial charge in [-0.3, -0.25) is 4.99 Å². The van der Waals surface area contributed by atoms with Crippen LogP contribution in [0.3, 0.4) is 0 Å². The second-order valence-corrected chi connectivity index (χ2v) is 7.73. The van der Waals surface area contributed by atoms with E-state index in [2.05, 4.69) is 64.3 Å². The number of nitrogens with one attached hydrogen (secondary N) is 2. The summed E-state index contributed by atoms with van der Waals surface area (Å²) in [5.74, 6) is 0.805. The largest absolute Gasteiger partial charge is 0.381 e. The highest BCUT2D eigenvalue weighted by Gasteiger charge is 2.14. The summed E-state index contributed by atoms with van der Waals surface area (Å²) in [5.41, 5.74) is 2.42. The van der Waals surface area contributed by atoms with E-state index in [1.807, 2.05) is 0 Å². The van der Waals surface area contributed by atoms with E-state index in [0.717, 1.165) is 38.6 Å². The lowest BCUT2D eigenvalue weighted by Crippen LogP contribution is -2.38. The smallest absolute Gasteiger partial charge is 0.191 e. The molecule has 0 bridgehead atoms. The average Bonchev–Trinajstić information content (AvgIpc) is 3.25. The van der Waals surface area contributed by atoms with E-state index in [-0.39, 0.29) is 30.0 Å². The number of hydrogen-bond acceptors (Lipinski definition) is 4. The molecule has 3 rings (SSSR count). The number of ether oxygens (including phenoxy) is 2. The molecule has 2 heterocycles. The Morgan fingerprint density at radius 1 is 1.25 bits per heavy atom. The molecular weight excluding hydrogens is 485 g/mol. The fourth-order valence-corrected chi connectivity index (χ4v) is 3.81. The minimum absolute atomic E-state index is 0. The first-order chi connectivity index (χ1) is 13.2. The Kier molecular flexibility index (Phi) is 10.3. The number of benzene rings is 1. The lowest BCUT2D eigenvalue weighted by atomic mass is 10.1. The molecule has 2 N–H and O–H groups in total. The predicted octanol–water partition coefficient (Wildman–Crippen LogP) is 4.49. The summed E-state index contributed by atoms with van der Waals surface area (Å²) in [6, 6.07) is 13.0. The fourth-order valence-electron chi connectivity index (χ4n) is 3.08. The van der Waals surface area contributed by atoms with Crippen LogP contribution < -0.4 is 10.6 Å². The first-order valence-electron chi connectivity index (χ1n) is 9.52. The highest BCUT2D eigenvalue weighted by molar-refractivity contribution is 14.0. The molecule has 0 spiro atoms. The Bertz CT molecular complexity index is 718. The minimum atomic E-state index is 0. The van der Waals surface area contributed by atoms with Crippen molar-refractivity contribution in [3.63, 3.8) is 0 Å². The second-order valence-electron chi connectivity index (χ2n) is 6.75. The highest BCUT2D eigenvalue weighted by atomic mass is 127. The SMILES string of the molecule is CN=C(NCc1cccc(COC2CCOCC2)c1)NC(C)c1cccs1.I. The van der Waals surface area contributed by atoms with Crippen molar-refractivity contribution >= 4 is 41.3 Å². The summed E-state index contributed by atoms with van der Waals surface area (Å²) in [4.78, 5) is 5.63. The van der Waals surface area contributed by atoms with Crippen molar-refractivity contribution in [2.45, 2.75) is 45.1 Å². The summed E-state index contributed by atoms with van der Waals surface area (Å²) < 4.78 is 11.4. The molecule has 7 heteroatoms. The van der Waals surface area contributed by atoms with Gasteiger partial charge in [-0.25, -0.2) is 0 Å². The Labute approximate surface area is 189 Å². The molecule has 0 aliphatic carbocycles. The molecule has 28 heavy (non-hydrogen) atoms. The van der Waals surface area contributed by atoms with Gasteiger partial charge in [-0.1, -0.05) is 30.3 Å². The van der Waals surface area contributed by atoms with Crippen molar-refractivity contribution in [1.82, 2.24) is 10.6 Å². The van der Waals surface area contributed by atoms with Gasteiger partial charge in [0.1, 0.15) is 0 Å². The zero-order chi connectivity index (χ0) is 18.9. The van der Waals surface area contributed by atoms with Crippen molar-refractivity contribution in [2.75, 3.05) is 20.3 Å². The first-order valence-corrected chi connectivity index (χ1v) is 10.4. The van der Waals surface area contributed by atoms with Gasteiger partial charge in [0.15, 0.2) is 5.96 Å². The van der Waals surface area contributed by atoms with Gasteiger partial charge in [0.25, 0.3) is 0 Å². The third-order valence-corrected chi connectivity index (χ3v) is 5.71. The maximum Gasteiger partial charge on any atom is 0.191 e. The van der Waals surface area contributed by atoms with Crippen molar-refractivity contribution in [3.8, 4) is 0 Å². The van der Waals surface area contributed by atoms with Crippen LogP contribution in [0.2, 0.25) is 0 Å². The van der Waals surface area contributed by atoms with Crippen LogP contribution in [0.15, 0.2) is 46.8 Å². The second kappa shape index (κ2) is 12.4. The molecule has 2 aromatic rings. The maximum absolute atomic E-state index is 6.03. The molecule has 0 saturated carbocycles. The van der Waals surface area contributed by atoms with Crippen molar-refractivity contribution in [2.24, 2.45) is 4.99 Å². The summed E-state index contributed by atoms with van der Waals surface area (Å²) >= 11 is 1.75. The molecule has 1 atom stereocenters. The van der Waals surface area contributed by atoms with E-state index in [0.29, 0.717) is 12.7 Å². The Balaban J connectivity index is 0.00000280. The molecular formula is C21H30IN3O2S. The highest BCUT2D eigenvalue weighted by Crippen LogP contribution is 2.18. The van der Waals surface area contributed by atoms with Crippen LogP contribution in [-0.2, 0) is 22.6 Å². The van der Waals surface area contributed by atoms with Gasteiger partial charge in [0, 0.05) is 31.7 Å². The Morgan fingerprint density at radius 2 is 2.04 bits per heavy atom. The Morgan fingerprint density at radius 3 is 2.75 bits per heavy atom. The number of rotatable bonds is 7. The molecule has 1 fully saturated rings. The normalized spacial score (nSPS) is 16.3. The lowest BCUT2D eigenvalue weighted by Gasteiger charge is -2.22. The van der Waals surface area contributed by atoms with E-state index < -0.39 is 0 Å².